The lowest BCUT2D eigenvalue weighted by Gasteiger charge is -2.34. The van der Waals surface area contributed by atoms with Crippen LogP contribution in [0.3, 0.4) is 0 Å². The summed E-state index contributed by atoms with van der Waals surface area (Å²) in [6, 6.07) is 0.748. The SMILES string of the molecule is COCc1nc(N2CCC(C3CCCN3)CC2)n[nH]1. The number of methoxy groups -OCH3 is 1. The Labute approximate surface area is 113 Å². The summed E-state index contributed by atoms with van der Waals surface area (Å²) < 4.78 is 5.05. The Morgan fingerprint density at radius 3 is 2.84 bits per heavy atom. The van der Waals surface area contributed by atoms with Gasteiger partial charge in [-0.2, -0.15) is 4.98 Å². The van der Waals surface area contributed by atoms with Gasteiger partial charge >= 0.3 is 0 Å². The predicted octanol–water partition coefficient (Wildman–Crippen LogP) is 0.919. The van der Waals surface area contributed by atoms with Crippen LogP contribution in [0.2, 0.25) is 0 Å². The Morgan fingerprint density at radius 2 is 2.16 bits per heavy atom. The summed E-state index contributed by atoms with van der Waals surface area (Å²) in [7, 11) is 1.67. The number of H-pyrrole nitrogens is 1. The number of piperidine rings is 1. The fourth-order valence-corrected chi connectivity index (χ4v) is 3.24. The maximum Gasteiger partial charge on any atom is 0.244 e. The van der Waals surface area contributed by atoms with Crippen LogP contribution < -0.4 is 10.2 Å². The monoisotopic (exact) mass is 265 g/mol. The van der Waals surface area contributed by atoms with E-state index in [0.29, 0.717) is 6.61 Å². The number of nitrogens with one attached hydrogen (secondary N) is 2. The molecule has 0 radical (unpaired) electrons. The molecule has 3 heterocycles. The highest BCUT2D eigenvalue weighted by atomic mass is 16.5. The van der Waals surface area contributed by atoms with E-state index in [0.717, 1.165) is 36.8 Å². The van der Waals surface area contributed by atoms with Gasteiger partial charge in [-0.1, -0.05) is 0 Å². The molecule has 0 saturated carbocycles. The van der Waals surface area contributed by atoms with Gasteiger partial charge in [0.25, 0.3) is 0 Å². The van der Waals surface area contributed by atoms with Crippen LogP contribution in [0, 0.1) is 5.92 Å². The highest BCUT2D eigenvalue weighted by Crippen LogP contribution is 2.27. The van der Waals surface area contributed by atoms with E-state index in [1.54, 1.807) is 7.11 Å². The van der Waals surface area contributed by atoms with Crippen molar-refractivity contribution in [2.75, 3.05) is 31.6 Å². The molecular formula is C13H23N5O. The Kier molecular flexibility index (Phi) is 3.98. The molecule has 0 aromatic carbocycles. The first kappa shape index (κ1) is 12.9. The molecule has 106 valence electrons. The number of anilines is 1. The van der Waals surface area contributed by atoms with Gasteiger partial charge in [0.1, 0.15) is 6.61 Å². The third-order valence-electron chi connectivity index (χ3n) is 4.29. The molecule has 1 unspecified atom stereocenters. The minimum absolute atomic E-state index is 0.495. The minimum Gasteiger partial charge on any atom is -0.377 e. The first-order valence-electron chi connectivity index (χ1n) is 7.25. The molecule has 1 aromatic rings. The van der Waals surface area contributed by atoms with Crippen molar-refractivity contribution in [1.29, 1.82) is 0 Å². The van der Waals surface area contributed by atoms with Crippen molar-refractivity contribution in [3.05, 3.63) is 5.82 Å². The zero-order valence-electron chi connectivity index (χ0n) is 11.6. The van der Waals surface area contributed by atoms with Crippen LogP contribution >= 0.6 is 0 Å². The van der Waals surface area contributed by atoms with Crippen LogP contribution in [0.25, 0.3) is 0 Å². The Hall–Kier alpha value is -1.14. The largest absolute Gasteiger partial charge is 0.377 e. The number of ether oxygens (including phenoxy) is 1. The number of hydrogen-bond acceptors (Lipinski definition) is 5. The molecule has 1 aromatic heterocycles. The van der Waals surface area contributed by atoms with Crippen molar-refractivity contribution in [2.24, 2.45) is 5.92 Å². The molecule has 2 aliphatic heterocycles. The third-order valence-corrected chi connectivity index (χ3v) is 4.29. The fraction of sp³-hybridized carbons (Fsp3) is 0.846. The third kappa shape index (κ3) is 2.90. The van der Waals surface area contributed by atoms with Gasteiger partial charge in [0.05, 0.1) is 0 Å². The number of aromatic nitrogens is 3. The molecular weight excluding hydrogens is 242 g/mol. The lowest BCUT2D eigenvalue weighted by Crippen LogP contribution is -2.41. The quantitative estimate of drug-likeness (QED) is 0.847. The smallest absolute Gasteiger partial charge is 0.244 e. The summed E-state index contributed by atoms with van der Waals surface area (Å²) >= 11 is 0. The second-order valence-corrected chi connectivity index (χ2v) is 5.54. The van der Waals surface area contributed by atoms with Crippen LogP contribution in [0.15, 0.2) is 0 Å². The maximum absolute atomic E-state index is 5.05. The molecule has 1 atom stereocenters. The Bertz CT molecular complexity index is 393. The molecule has 6 heteroatoms. The molecule has 0 aliphatic carbocycles. The van der Waals surface area contributed by atoms with Gasteiger partial charge in [-0.15, -0.1) is 5.10 Å². The van der Waals surface area contributed by atoms with E-state index in [9.17, 15) is 0 Å². The van der Waals surface area contributed by atoms with Gasteiger partial charge in [-0.3, -0.25) is 5.10 Å². The fourth-order valence-electron chi connectivity index (χ4n) is 3.24. The molecule has 0 bridgehead atoms. The first-order chi connectivity index (χ1) is 9.36. The van der Waals surface area contributed by atoms with Gasteiger partial charge in [0, 0.05) is 26.2 Å². The standard InChI is InChI=1S/C13H23N5O/c1-19-9-12-15-13(17-16-12)18-7-4-10(5-8-18)11-3-2-6-14-11/h10-11,14H,2-9H2,1H3,(H,15,16,17). The van der Waals surface area contributed by atoms with Gasteiger partial charge in [0.15, 0.2) is 5.82 Å². The highest BCUT2D eigenvalue weighted by molar-refractivity contribution is 5.29. The zero-order valence-corrected chi connectivity index (χ0v) is 11.6. The summed E-state index contributed by atoms with van der Waals surface area (Å²) in [5.74, 6) is 2.46. The first-order valence-corrected chi connectivity index (χ1v) is 7.25. The summed E-state index contributed by atoms with van der Waals surface area (Å²) in [6.45, 7) is 3.82. The van der Waals surface area contributed by atoms with Crippen LogP contribution in [0.1, 0.15) is 31.5 Å². The van der Waals surface area contributed by atoms with Crippen molar-refractivity contribution in [3.8, 4) is 0 Å². The normalized spacial score (nSPS) is 25.1. The summed E-state index contributed by atoms with van der Waals surface area (Å²) in [5.41, 5.74) is 0. The number of aromatic amines is 1. The molecule has 6 nitrogen and oxygen atoms in total. The van der Waals surface area contributed by atoms with Crippen LogP contribution in [-0.4, -0.2) is 48.0 Å². The lowest BCUT2D eigenvalue weighted by molar-refractivity contribution is 0.178. The van der Waals surface area contributed by atoms with Crippen molar-refractivity contribution in [2.45, 2.75) is 38.3 Å². The van der Waals surface area contributed by atoms with Gasteiger partial charge in [0.2, 0.25) is 5.95 Å². The average Bonchev–Trinajstić information content (AvgIpc) is 3.10. The number of rotatable bonds is 4. The zero-order chi connectivity index (χ0) is 13.1. The second kappa shape index (κ2) is 5.88. The van der Waals surface area contributed by atoms with Crippen molar-refractivity contribution in [3.63, 3.8) is 0 Å². The molecule has 2 fully saturated rings. The molecule has 2 aliphatic rings. The summed E-state index contributed by atoms with van der Waals surface area (Å²) in [5, 5.41) is 10.8. The van der Waals surface area contributed by atoms with Gasteiger partial charge < -0.3 is 15.0 Å². The van der Waals surface area contributed by atoms with Crippen molar-refractivity contribution < 1.29 is 4.74 Å². The van der Waals surface area contributed by atoms with E-state index in [1.165, 1.54) is 32.2 Å². The Balaban J connectivity index is 1.53. The lowest BCUT2D eigenvalue weighted by atomic mass is 9.89. The highest BCUT2D eigenvalue weighted by Gasteiger charge is 2.29. The number of nitrogens with zero attached hydrogens (tertiary/aromatic N) is 3. The van der Waals surface area contributed by atoms with E-state index >= 15 is 0 Å². The van der Waals surface area contributed by atoms with E-state index in [4.69, 9.17) is 4.74 Å². The van der Waals surface area contributed by atoms with Crippen LogP contribution in [-0.2, 0) is 11.3 Å². The van der Waals surface area contributed by atoms with E-state index < -0.39 is 0 Å². The van der Waals surface area contributed by atoms with E-state index in [2.05, 4.69) is 25.4 Å². The maximum atomic E-state index is 5.05. The van der Waals surface area contributed by atoms with E-state index in [-0.39, 0.29) is 0 Å². The molecule has 2 saturated heterocycles. The van der Waals surface area contributed by atoms with Crippen molar-refractivity contribution >= 4 is 5.95 Å². The van der Waals surface area contributed by atoms with Crippen LogP contribution in [0.4, 0.5) is 5.95 Å². The average molecular weight is 265 g/mol. The van der Waals surface area contributed by atoms with Gasteiger partial charge in [-0.25, -0.2) is 0 Å². The predicted molar refractivity (Wildman–Crippen MR) is 73.1 cm³/mol. The second-order valence-electron chi connectivity index (χ2n) is 5.54. The molecule has 19 heavy (non-hydrogen) atoms. The molecule has 2 N–H and O–H groups in total. The summed E-state index contributed by atoms with van der Waals surface area (Å²) in [6.07, 6.45) is 5.17. The number of hydrogen-bond donors (Lipinski definition) is 2. The topological polar surface area (TPSA) is 66.1 Å². The molecule has 3 rings (SSSR count). The van der Waals surface area contributed by atoms with Crippen LogP contribution in [0.5, 0.6) is 0 Å². The molecule has 0 spiro atoms. The van der Waals surface area contributed by atoms with Gasteiger partial charge in [-0.05, 0) is 38.1 Å². The summed E-state index contributed by atoms with van der Waals surface area (Å²) in [4.78, 5) is 6.74. The van der Waals surface area contributed by atoms with E-state index in [1.807, 2.05) is 0 Å². The molecule has 0 amide bonds. The van der Waals surface area contributed by atoms with Crippen molar-refractivity contribution in [1.82, 2.24) is 20.5 Å². The minimum atomic E-state index is 0.495. The Morgan fingerprint density at radius 1 is 1.32 bits per heavy atom.